The van der Waals surface area contributed by atoms with E-state index in [2.05, 4.69) is 5.10 Å². The zero-order valence-corrected chi connectivity index (χ0v) is 9.28. The summed E-state index contributed by atoms with van der Waals surface area (Å²) in [7, 11) is 1.80. The first kappa shape index (κ1) is 10.1. The van der Waals surface area contributed by atoms with Crippen LogP contribution in [0.5, 0.6) is 5.75 Å². The Bertz CT molecular complexity index is 488. The Morgan fingerprint density at radius 2 is 1.87 bits per heavy atom. The van der Waals surface area contributed by atoms with Crippen LogP contribution < -0.4 is 0 Å². The quantitative estimate of drug-likeness (QED) is 0.806. The van der Waals surface area contributed by atoms with Gasteiger partial charge < -0.3 is 5.11 Å². The molecule has 1 aromatic carbocycles. The lowest BCUT2D eigenvalue weighted by Gasteiger charge is -1.97. The van der Waals surface area contributed by atoms with E-state index in [1.807, 2.05) is 19.1 Å². The summed E-state index contributed by atoms with van der Waals surface area (Å²) < 4.78 is 1.65. The third-order valence-corrected chi connectivity index (χ3v) is 2.67. The minimum absolute atomic E-state index is 0.222. The fourth-order valence-electron chi connectivity index (χ4n) is 1.40. The van der Waals surface area contributed by atoms with Gasteiger partial charge in [0.25, 0.3) is 0 Å². The zero-order valence-electron chi connectivity index (χ0n) is 8.53. The van der Waals surface area contributed by atoms with Crippen LogP contribution in [0.3, 0.4) is 0 Å². The van der Waals surface area contributed by atoms with E-state index in [4.69, 9.17) is 11.6 Å². The van der Waals surface area contributed by atoms with Gasteiger partial charge in [-0.1, -0.05) is 23.7 Å². The molecule has 4 heteroatoms. The molecule has 15 heavy (non-hydrogen) atoms. The maximum absolute atomic E-state index is 9.82. The highest BCUT2D eigenvalue weighted by molar-refractivity contribution is 6.30. The molecule has 1 N–H and O–H groups in total. The molecule has 0 saturated carbocycles. The predicted molar refractivity (Wildman–Crippen MR) is 60.1 cm³/mol. The number of benzene rings is 1. The second-order valence-corrected chi connectivity index (χ2v) is 3.85. The minimum Gasteiger partial charge on any atom is -0.504 e. The highest BCUT2D eigenvalue weighted by Gasteiger charge is 2.12. The van der Waals surface area contributed by atoms with Gasteiger partial charge in [-0.2, -0.15) is 5.10 Å². The molecule has 0 radical (unpaired) electrons. The Kier molecular flexibility index (Phi) is 2.40. The van der Waals surface area contributed by atoms with Gasteiger partial charge in [0, 0.05) is 17.6 Å². The van der Waals surface area contributed by atoms with Crippen molar-refractivity contribution in [3.63, 3.8) is 0 Å². The molecule has 2 aromatic rings. The number of hydrogen-bond acceptors (Lipinski definition) is 2. The van der Waals surface area contributed by atoms with Crippen molar-refractivity contribution < 1.29 is 5.11 Å². The molecule has 0 saturated heterocycles. The summed E-state index contributed by atoms with van der Waals surface area (Å²) >= 11 is 5.79. The monoisotopic (exact) mass is 222 g/mol. The lowest BCUT2D eigenvalue weighted by Crippen LogP contribution is -1.92. The van der Waals surface area contributed by atoms with Gasteiger partial charge >= 0.3 is 0 Å². The molecule has 1 heterocycles. The van der Waals surface area contributed by atoms with Crippen molar-refractivity contribution >= 4 is 11.6 Å². The molecule has 78 valence electrons. The van der Waals surface area contributed by atoms with E-state index >= 15 is 0 Å². The first-order valence-corrected chi connectivity index (χ1v) is 4.96. The topological polar surface area (TPSA) is 38.1 Å². The molecule has 0 unspecified atom stereocenters. The summed E-state index contributed by atoms with van der Waals surface area (Å²) in [4.78, 5) is 0. The molecule has 0 aliphatic carbocycles. The number of aryl methyl sites for hydroxylation is 1. The Hall–Kier alpha value is -1.48. The van der Waals surface area contributed by atoms with Crippen molar-refractivity contribution in [2.45, 2.75) is 6.92 Å². The highest BCUT2D eigenvalue weighted by Crippen LogP contribution is 2.30. The Morgan fingerprint density at radius 1 is 1.27 bits per heavy atom. The smallest absolute Gasteiger partial charge is 0.164 e. The maximum atomic E-state index is 9.82. The minimum atomic E-state index is 0.222. The Balaban J connectivity index is 2.54. The van der Waals surface area contributed by atoms with Crippen molar-refractivity contribution in [1.29, 1.82) is 0 Å². The fraction of sp³-hybridized carbons (Fsp3) is 0.182. The van der Waals surface area contributed by atoms with Crippen LogP contribution in [0.4, 0.5) is 0 Å². The molecule has 0 atom stereocenters. The summed E-state index contributed by atoms with van der Waals surface area (Å²) in [5.41, 5.74) is 2.20. The second kappa shape index (κ2) is 3.59. The van der Waals surface area contributed by atoms with Gasteiger partial charge in [0.05, 0.1) is 5.69 Å². The van der Waals surface area contributed by atoms with Crippen molar-refractivity contribution in [2.75, 3.05) is 0 Å². The van der Waals surface area contributed by atoms with Crippen LogP contribution in [0, 0.1) is 6.92 Å². The van der Waals surface area contributed by atoms with Crippen LogP contribution in [0.2, 0.25) is 5.02 Å². The predicted octanol–water partition coefficient (Wildman–Crippen LogP) is 2.75. The number of rotatable bonds is 1. The standard InChI is InChI=1S/C11H11ClN2O/c1-7-11(15)10(13-14(7)2)8-3-5-9(12)6-4-8/h3-6,15H,1-2H3. The van der Waals surface area contributed by atoms with Crippen molar-refractivity contribution in [3.8, 4) is 17.0 Å². The molecule has 3 nitrogen and oxygen atoms in total. The number of hydrogen-bond donors (Lipinski definition) is 1. The van der Waals surface area contributed by atoms with Gasteiger partial charge in [0.1, 0.15) is 5.69 Å². The molecule has 0 fully saturated rings. The van der Waals surface area contributed by atoms with E-state index in [0.717, 1.165) is 11.3 Å². The van der Waals surface area contributed by atoms with E-state index in [1.54, 1.807) is 23.9 Å². The van der Waals surface area contributed by atoms with Crippen molar-refractivity contribution in [3.05, 3.63) is 35.0 Å². The van der Waals surface area contributed by atoms with Crippen LogP contribution in [0.1, 0.15) is 5.69 Å². The fourth-order valence-corrected chi connectivity index (χ4v) is 1.53. The largest absolute Gasteiger partial charge is 0.504 e. The zero-order chi connectivity index (χ0) is 11.0. The summed E-state index contributed by atoms with van der Waals surface area (Å²) in [6.07, 6.45) is 0. The van der Waals surface area contributed by atoms with Crippen molar-refractivity contribution in [2.24, 2.45) is 7.05 Å². The number of aromatic nitrogens is 2. The first-order valence-electron chi connectivity index (χ1n) is 4.58. The number of halogens is 1. The second-order valence-electron chi connectivity index (χ2n) is 3.41. The van der Waals surface area contributed by atoms with Gasteiger partial charge in [-0.3, -0.25) is 4.68 Å². The van der Waals surface area contributed by atoms with E-state index in [-0.39, 0.29) is 5.75 Å². The molecule has 2 rings (SSSR count). The summed E-state index contributed by atoms with van der Waals surface area (Å²) in [6.45, 7) is 1.82. The molecule has 0 aliphatic rings. The first-order chi connectivity index (χ1) is 7.09. The molecular formula is C11H11ClN2O. The number of aromatic hydroxyl groups is 1. The van der Waals surface area contributed by atoms with E-state index in [1.165, 1.54) is 0 Å². The maximum Gasteiger partial charge on any atom is 0.164 e. The lowest BCUT2D eigenvalue weighted by atomic mass is 10.1. The molecule has 1 aromatic heterocycles. The van der Waals surface area contributed by atoms with Crippen LogP contribution in [0.15, 0.2) is 24.3 Å². The summed E-state index contributed by atoms with van der Waals surface area (Å²) in [5, 5.41) is 14.7. The van der Waals surface area contributed by atoms with Crippen LogP contribution >= 0.6 is 11.6 Å². The Labute approximate surface area is 92.9 Å². The van der Waals surface area contributed by atoms with E-state index in [0.29, 0.717) is 10.7 Å². The van der Waals surface area contributed by atoms with Gasteiger partial charge in [0.2, 0.25) is 0 Å². The van der Waals surface area contributed by atoms with Crippen LogP contribution in [-0.2, 0) is 7.05 Å². The lowest BCUT2D eigenvalue weighted by molar-refractivity contribution is 0.471. The number of nitrogens with zero attached hydrogens (tertiary/aromatic N) is 2. The van der Waals surface area contributed by atoms with Gasteiger partial charge in [-0.05, 0) is 19.1 Å². The average Bonchev–Trinajstić information content (AvgIpc) is 2.47. The van der Waals surface area contributed by atoms with Gasteiger partial charge in [0.15, 0.2) is 5.75 Å². The van der Waals surface area contributed by atoms with Crippen LogP contribution in [0.25, 0.3) is 11.3 Å². The Morgan fingerprint density at radius 3 is 2.33 bits per heavy atom. The van der Waals surface area contributed by atoms with E-state index in [9.17, 15) is 5.11 Å². The van der Waals surface area contributed by atoms with Gasteiger partial charge in [-0.25, -0.2) is 0 Å². The molecule has 0 aliphatic heterocycles. The average molecular weight is 223 g/mol. The molecule has 0 bridgehead atoms. The summed E-state index contributed by atoms with van der Waals surface area (Å²) in [6, 6.07) is 7.23. The normalized spacial score (nSPS) is 10.6. The summed E-state index contributed by atoms with van der Waals surface area (Å²) in [5.74, 6) is 0.222. The third-order valence-electron chi connectivity index (χ3n) is 2.42. The highest BCUT2D eigenvalue weighted by atomic mass is 35.5. The molecule has 0 amide bonds. The van der Waals surface area contributed by atoms with Crippen LogP contribution in [-0.4, -0.2) is 14.9 Å². The van der Waals surface area contributed by atoms with E-state index < -0.39 is 0 Å². The molecule has 0 spiro atoms. The molecular weight excluding hydrogens is 212 g/mol. The van der Waals surface area contributed by atoms with Crippen molar-refractivity contribution in [1.82, 2.24) is 9.78 Å². The third kappa shape index (κ3) is 1.70. The SMILES string of the molecule is Cc1c(O)c(-c2ccc(Cl)cc2)nn1C. The van der Waals surface area contributed by atoms with Gasteiger partial charge in [-0.15, -0.1) is 0 Å².